The number of esters is 2. The van der Waals surface area contributed by atoms with Gasteiger partial charge in [0, 0.05) is 18.8 Å². The second-order valence-corrected chi connectivity index (χ2v) is 10.3. The van der Waals surface area contributed by atoms with Crippen LogP contribution in [0.4, 0.5) is 4.79 Å². The lowest BCUT2D eigenvalue weighted by Crippen LogP contribution is -2.38. The summed E-state index contributed by atoms with van der Waals surface area (Å²) in [5.74, 6) is -2.42. The normalized spacial score (nSPS) is 13.5. The largest absolute Gasteiger partial charge is 0.508 e. The molecule has 1 aromatic carbocycles. The van der Waals surface area contributed by atoms with Gasteiger partial charge in [-0.3, -0.25) is 14.4 Å². The lowest BCUT2D eigenvalue weighted by molar-refractivity contribution is -0.139. The Kier molecular flexibility index (Phi) is 14.4. The molecule has 2 unspecified atom stereocenters. The molecule has 0 bridgehead atoms. The summed E-state index contributed by atoms with van der Waals surface area (Å²) in [4.78, 5) is 48.6. The van der Waals surface area contributed by atoms with Crippen LogP contribution in [0.15, 0.2) is 18.2 Å². The molecule has 0 spiro atoms. The number of carbonyl (C=O) groups is 4. The van der Waals surface area contributed by atoms with Gasteiger partial charge >= 0.3 is 24.1 Å². The Balaban J connectivity index is 3.27. The SMILES string of the molecule is CCCOC(=O)OC(C)CC(c1ccc(OC(=O)CCC(C)C)c(OC(=O)CCC(C)C)c1)[C@H](N)C(=O)O. The molecular formula is C28H43NO9. The highest BCUT2D eigenvalue weighted by Crippen LogP contribution is 2.35. The molecule has 0 amide bonds. The Labute approximate surface area is 225 Å². The quantitative estimate of drug-likeness (QED) is 0.212. The summed E-state index contributed by atoms with van der Waals surface area (Å²) < 4.78 is 21.2. The Morgan fingerprint density at radius 3 is 1.95 bits per heavy atom. The molecule has 0 radical (unpaired) electrons. The second-order valence-electron chi connectivity index (χ2n) is 10.3. The summed E-state index contributed by atoms with van der Waals surface area (Å²) in [7, 11) is 0. The third-order valence-corrected chi connectivity index (χ3v) is 5.72. The van der Waals surface area contributed by atoms with E-state index in [0.717, 1.165) is 0 Å². The first-order valence-electron chi connectivity index (χ1n) is 13.2. The molecular weight excluding hydrogens is 494 g/mol. The van der Waals surface area contributed by atoms with E-state index in [1.807, 2.05) is 34.6 Å². The van der Waals surface area contributed by atoms with Gasteiger partial charge in [0.05, 0.1) is 6.61 Å². The van der Waals surface area contributed by atoms with Gasteiger partial charge in [-0.05, 0) is 62.1 Å². The maximum Gasteiger partial charge on any atom is 0.508 e. The molecule has 3 atom stereocenters. The molecule has 214 valence electrons. The zero-order chi connectivity index (χ0) is 28.8. The molecule has 0 heterocycles. The number of hydrogen-bond donors (Lipinski definition) is 2. The van der Waals surface area contributed by atoms with Gasteiger partial charge in [0.15, 0.2) is 11.5 Å². The third kappa shape index (κ3) is 12.4. The molecule has 0 aliphatic heterocycles. The fourth-order valence-electron chi connectivity index (χ4n) is 3.53. The van der Waals surface area contributed by atoms with Crippen LogP contribution in [-0.2, 0) is 23.9 Å². The van der Waals surface area contributed by atoms with Crippen molar-refractivity contribution in [1.82, 2.24) is 0 Å². The summed E-state index contributed by atoms with van der Waals surface area (Å²) in [5.41, 5.74) is 6.43. The minimum Gasteiger partial charge on any atom is -0.480 e. The van der Waals surface area contributed by atoms with E-state index in [4.69, 9.17) is 24.7 Å². The highest BCUT2D eigenvalue weighted by atomic mass is 16.7. The maximum absolute atomic E-state index is 12.5. The first kappa shape index (κ1) is 32.9. The molecule has 0 fully saturated rings. The van der Waals surface area contributed by atoms with Crippen LogP contribution >= 0.6 is 0 Å². The van der Waals surface area contributed by atoms with Gasteiger partial charge < -0.3 is 29.8 Å². The monoisotopic (exact) mass is 537 g/mol. The van der Waals surface area contributed by atoms with E-state index >= 15 is 0 Å². The number of rotatable bonds is 16. The van der Waals surface area contributed by atoms with Gasteiger partial charge in [-0.1, -0.05) is 40.7 Å². The van der Waals surface area contributed by atoms with Crippen molar-refractivity contribution < 1.29 is 43.2 Å². The van der Waals surface area contributed by atoms with Gasteiger partial charge in [0.2, 0.25) is 0 Å². The van der Waals surface area contributed by atoms with Gasteiger partial charge in [0.1, 0.15) is 12.1 Å². The van der Waals surface area contributed by atoms with Crippen LogP contribution < -0.4 is 15.2 Å². The molecule has 10 heteroatoms. The summed E-state index contributed by atoms with van der Waals surface area (Å²) >= 11 is 0. The zero-order valence-electron chi connectivity index (χ0n) is 23.4. The topological polar surface area (TPSA) is 151 Å². The number of aliphatic carboxylic acids is 1. The van der Waals surface area contributed by atoms with Gasteiger partial charge in [-0.2, -0.15) is 0 Å². The number of carbonyl (C=O) groups excluding carboxylic acids is 3. The number of carboxylic acids is 1. The average Bonchev–Trinajstić information content (AvgIpc) is 2.84. The first-order valence-corrected chi connectivity index (χ1v) is 13.2. The van der Waals surface area contributed by atoms with Crippen molar-refractivity contribution in [1.29, 1.82) is 0 Å². The van der Waals surface area contributed by atoms with Crippen molar-refractivity contribution in [2.75, 3.05) is 6.61 Å². The van der Waals surface area contributed by atoms with E-state index in [1.54, 1.807) is 13.0 Å². The van der Waals surface area contributed by atoms with E-state index in [2.05, 4.69) is 0 Å². The first-order chi connectivity index (χ1) is 17.8. The summed E-state index contributed by atoms with van der Waals surface area (Å²) in [5, 5.41) is 9.63. The molecule has 1 aromatic rings. The van der Waals surface area contributed by atoms with Crippen molar-refractivity contribution in [3.05, 3.63) is 23.8 Å². The molecule has 0 aliphatic carbocycles. The zero-order valence-corrected chi connectivity index (χ0v) is 23.4. The molecule has 10 nitrogen and oxygen atoms in total. The number of hydrogen-bond acceptors (Lipinski definition) is 9. The fraction of sp³-hybridized carbons (Fsp3) is 0.643. The Bertz CT molecular complexity index is 929. The van der Waals surface area contributed by atoms with Gasteiger partial charge in [-0.15, -0.1) is 0 Å². The maximum atomic E-state index is 12.5. The average molecular weight is 538 g/mol. The van der Waals surface area contributed by atoms with Crippen LogP contribution in [-0.4, -0.2) is 47.9 Å². The van der Waals surface area contributed by atoms with E-state index in [0.29, 0.717) is 30.7 Å². The van der Waals surface area contributed by atoms with Crippen LogP contribution in [0.3, 0.4) is 0 Å². The van der Waals surface area contributed by atoms with Crippen molar-refractivity contribution in [3.63, 3.8) is 0 Å². The predicted octanol–water partition coefficient (Wildman–Crippen LogP) is 5.21. The number of carboxylic acid groups (broad SMARTS) is 1. The van der Waals surface area contributed by atoms with Gasteiger partial charge in [0.25, 0.3) is 0 Å². The molecule has 3 N–H and O–H groups in total. The van der Waals surface area contributed by atoms with Crippen LogP contribution in [0.2, 0.25) is 0 Å². The molecule has 0 saturated heterocycles. The third-order valence-electron chi connectivity index (χ3n) is 5.72. The van der Waals surface area contributed by atoms with E-state index < -0.39 is 42.1 Å². The molecule has 0 saturated carbocycles. The van der Waals surface area contributed by atoms with E-state index in [1.165, 1.54) is 12.1 Å². The van der Waals surface area contributed by atoms with Crippen molar-refractivity contribution in [2.45, 2.75) is 98.1 Å². The van der Waals surface area contributed by atoms with Crippen molar-refractivity contribution >= 4 is 24.1 Å². The summed E-state index contributed by atoms with van der Waals surface area (Å²) in [6, 6.07) is 3.12. The van der Waals surface area contributed by atoms with Crippen LogP contribution in [0.5, 0.6) is 11.5 Å². The Hall–Kier alpha value is -3.14. The highest BCUT2D eigenvalue weighted by Gasteiger charge is 2.30. The minimum absolute atomic E-state index is 0.00679. The highest BCUT2D eigenvalue weighted by molar-refractivity contribution is 5.77. The number of benzene rings is 1. The second kappa shape index (κ2) is 16.7. The molecule has 0 aromatic heterocycles. The Morgan fingerprint density at radius 1 is 0.895 bits per heavy atom. The van der Waals surface area contributed by atoms with E-state index in [9.17, 15) is 24.3 Å². The summed E-state index contributed by atoms with van der Waals surface area (Å²) in [6.45, 7) is 11.6. The van der Waals surface area contributed by atoms with Crippen molar-refractivity contribution in [2.24, 2.45) is 17.6 Å². The number of ether oxygens (including phenoxy) is 4. The Morgan fingerprint density at radius 2 is 1.45 bits per heavy atom. The van der Waals surface area contributed by atoms with E-state index in [-0.39, 0.29) is 43.3 Å². The standard InChI is InChI=1S/C28H43NO9/c1-7-14-35-28(34)36-19(6)15-21(26(29)27(32)33)20-10-11-22(37-24(30)12-8-17(2)3)23(16-20)38-25(31)13-9-18(4)5/h10-11,16-19,21,26H,7-9,12-15,29H2,1-6H3,(H,32,33)/t19?,21?,26-/m0/s1. The molecule has 1 rings (SSSR count). The fourth-order valence-corrected chi connectivity index (χ4v) is 3.53. The van der Waals surface area contributed by atoms with Crippen molar-refractivity contribution in [3.8, 4) is 11.5 Å². The van der Waals surface area contributed by atoms with Crippen LogP contribution in [0.1, 0.15) is 91.5 Å². The lowest BCUT2D eigenvalue weighted by atomic mass is 9.87. The number of nitrogens with two attached hydrogens (primary N) is 1. The lowest BCUT2D eigenvalue weighted by Gasteiger charge is -2.25. The summed E-state index contributed by atoms with van der Waals surface area (Å²) in [6.07, 6.45) is 0.699. The smallest absolute Gasteiger partial charge is 0.480 e. The molecule has 38 heavy (non-hydrogen) atoms. The predicted molar refractivity (Wildman–Crippen MR) is 141 cm³/mol. The minimum atomic E-state index is -1.35. The van der Waals surface area contributed by atoms with Crippen LogP contribution in [0.25, 0.3) is 0 Å². The van der Waals surface area contributed by atoms with Crippen LogP contribution in [0, 0.1) is 11.8 Å². The molecule has 0 aliphatic rings. The van der Waals surface area contributed by atoms with Gasteiger partial charge in [-0.25, -0.2) is 4.79 Å².